The number of likely N-dealkylation sites (tertiary alicyclic amines) is 1. The zero-order valence-corrected chi connectivity index (χ0v) is 16.2. The van der Waals surface area contributed by atoms with Crippen LogP contribution < -0.4 is 22.4 Å². The predicted octanol–water partition coefficient (Wildman–Crippen LogP) is -1.12. The van der Waals surface area contributed by atoms with Crippen LogP contribution in [0.2, 0.25) is 0 Å². The van der Waals surface area contributed by atoms with Gasteiger partial charge in [-0.3, -0.25) is 4.79 Å². The third-order valence-corrected chi connectivity index (χ3v) is 4.25. The molecule has 3 rings (SSSR count). The van der Waals surface area contributed by atoms with E-state index < -0.39 is 0 Å². The number of nitrogens with zero attached hydrogens (tertiary/aromatic N) is 3. The predicted molar refractivity (Wildman–Crippen MR) is 99.6 cm³/mol. The fraction of sp³-hybridized carbons (Fsp3) is 0.300. The molecule has 0 atom stereocenters. The molecule has 1 aliphatic rings. The lowest BCUT2D eigenvalue weighted by Gasteiger charge is -2.26. The molecule has 1 aromatic heterocycles. The number of ether oxygens (including phenoxy) is 1. The topological polar surface area (TPSA) is 74.9 Å². The van der Waals surface area contributed by atoms with Crippen LogP contribution >= 0.6 is 0 Å². The van der Waals surface area contributed by atoms with Gasteiger partial charge in [-0.15, -0.1) is 0 Å². The van der Waals surface area contributed by atoms with Gasteiger partial charge in [-0.1, -0.05) is 36.4 Å². The number of hydrogen-bond acceptors (Lipinski definition) is 4. The third-order valence-electron chi connectivity index (χ3n) is 4.25. The number of aromatic nitrogens is 1. The zero-order chi connectivity index (χ0) is 18.9. The van der Waals surface area contributed by atoms with E-state index in [0.717, 1.165) is 11.3 Å². The lowest BCUT2D eigenvalue weighted by Crippen LogP contribution is -3.00. The van der Waals surface area contributed by atoms with Gasteiger partial charge in [0, 0.05) is 43.8 Å². The van der Waals surface area contributed by atoms with Crippen molar-refractivity contribution >= 4 is 17.7 Å². The number of carbonyl (C=O) groups excluding carboxylic acids is 2. The quantitative estimate of drug-likeness (QED) is 0.508. The molecular weight excluding hydrogens is 380 g/mol. The summed E-state index contributed by atoms with van der Waals surface area (Å²) < 4.78 is 7.12. The number of hydrogen-bond donors (Lipinski definition) is 1. The molecule has 1 saturated heterocycles. The highest BCUT2D eigenvalue weighted by molar-refractivity contribution is 5.88. The summed E-state index contributed by atoms with van der Waals surface area (Å²) in [6.45, 7) is 1.56. The van der Waals surface area contributed by atoms with Crippen molar-refractivity contribution in [3.63, 3.8) is 0 Å². The third kappa shape index (κ3) is 6.66. The molecule has 1 fully saturated rings. The Hall–Kier alpha value is -2.93. The molecule has 0 aliphatic carbocycles. The van der Waals surface area contributed by atoms with Crippen LogP contribution in [-0.4, -0.2) is 35.7 Å². The minimum atomic E-state index is -0.317. The van der Waals surface area contributed by atoms with Crippen LogP contribution in [-0.2, 0) is 22.7 Å². The average molecular weight is 403 g/mol. The van der Waals surface area contributed by atoms with Crippen molar-refractivity contribution in [1.82, 2.24) is 10.3 Å². The summed E-state index contributed by atoms with van der Waals surface area (Å²) >= 11 is 0. The molecule has 0 bridgehead atoms. The van der Waals surface area contributed by atoms with E-state index in [2.05, 4.69) is 10.5 Å². The standard InChI is InChI=1S/C20H22N4O3.ClH/c25-19(15-23-11-5-2-6-12-23)22-21-18-9-13-24(14-10-18)20(26)27-16-17-7-3-1-4-8-17;/h1-8,11-12H,9-10,13-16H2;1H. The Morgan fingerprint density at radius 1 is 1.04 bits per heavy atom. The average Bonchev–Trinajstić information content (AvgIpc) is 2.72. The van der Waals surface area contributed by atoms with Crippen molar-refractivity contribution in [1.29, 1.82) is 0 Å². The Labute approximate surface area is 170 Å². The molecule has 1 aromatic carbocycles. The molecule has 8 heteroatoms. The number of halogens is 1. The number of benzene rings is 1. The van der Waals surface area contributed by atoms with Gasteiger partial charge in [0.15, 0.2) is 12.4 Å². The summed E-state index contributed by atoms with van der Waals surface area (Å²) in [6, 6.07) is 15.2. The number of rotatable bonds is 5. The van der Waals surface area contributed by atoms with E-state index in [9.17, 15) is 9.59 Å². The first-order valence-corrected chi connectivity index (χ1v) is 8.95. The first kappa shape index (κ1) is 21.4. The SMILES string of the molecule is O=C(C[n+]1ccccc1)NN=C1CCN(C(=O)OCc2ccccc2)CC1.[Cl-]. The van der Waals surface area contributed by atoms with E-state index in [1.807, 2.05) is 60.9 Å². The lowest BCUT2D eigenvalue weighted by atomic mass is 10.1. The summed E-state index contributed by atoms with van der Waals surface area (Å²) in [7, 11) is 0. The maximum Gasteiger partial charge on any atom is 0.410 e. The number of pyridine rings is 1. The van der Waals surface area contributed by atoms with Crippen LogP contribution in [0.15, 0.2) is 66.0 Å². The van der Waals surface area contributed by atoms with Crippen LogP contribution in [0.25, 0.3) is 0 Å². The molecule has 0 saturated carbocycles. The summed E-state index contributed by atoms with van der Waals surface area (Å²) in [4.78, 5) is 25.7. The molecule has 1 N–H and O–H groups in total. The molecule has 0 radical (unpaired) electrons. The summed E-state index contributed by atoms with van der Waals surface area (Å²) in [5.74, 6) is -0.177. The van der Waals surface area contributed by atoms with Crippen molar-refractivity contribution in [2.75, 3.05) is 13.1 Å². The van der Waals surface area contributed by atoms with Crippen molar-refractivity contribution in [2.24, 2.45) is 5.10 Å². The van der Waals surface area contributed by atoms with E-state index >= 15 is 0 Å². The fourth-order valence-corrected chi connectivity index (χ4v) is 2.75. The highest BCUT2D eigenvalue weighted by atomic mass is 35.5. The first-order valence-electron chi connectivity index (χ1n) is 8.95. The highest BCUT2D eigenvalue weighted by Crippen LogP contribution is 2.10. The van der Waals surface area contributed by atoms with Crippen LogP contribution in [0.1, 0.15) is 18.4 Å². The molecule has 28 heavy (non-hydrogen) atoms. The zero-order valence-electron chi connectivity index (χ0n) is 15.5. The van der Waals surface area contributed by atoms with Crippen molar-refractivity contribution in [2.45, 2.75) is 26.0 Å². The number of hydrazone groups is 1. The van der Waals surface area contributed by atoms with E-state index in [-0.39, 0.29) is 37.6 Å². The molecule has 2 heterocycles. The second-order valence-electron chi connectivity index (χ2n) is 6.29. The van der Waals surface area contributed by atoms with Gasteiger partial charge in [0.1, 0.15) is 6.61 Å². The Kier molecular flexibility index (Phi) is 8.42. The van der Waals surface area contributed by atoms with Crippen molar-refractivity contribution in [3.05, 3.63) is 66.5 Å². The monoisotopic (exact) mass is 402 g/mol. The number of piperidine rings is 1. The molecule has 2 aromatic rings. The maximum absolute atomic E-state index is 12.1. The molecular formula is C20H23ClN4O3. The molecule has 7 nitrogen and oxygen atoms in total. The number of nitrogens with one attached hydrogen (secondary N) is 1. The summed E-state index contributed by atoms with van der Waals surface area (Å²) in [6.07, 6.45) is 4.58. The van der Waals surface area contributed by atoms with Crippen LogP contribution in [0.5, 0.6) is 0 Å². The normalized spacial score (nSPS) is 13.3. The largest absolute Gasteiger partial charge is 1.00 e. The lowest BCUT2D eigenvalue weighted by molar-refractivity contribution is -0.684. The van der Waals surface area contributed by atoms with Crippen molar-refractivity contribution in [3.8, 4) is 0 Å². The van der Waals surface area contributed by atoms with E-state index in [0.29, 0.717) is 25.9 Å². The van der Waals surface area contributed by atoms with E-state index in [4.69, 9.17) is 4.74 Å². The second-order valence-corrected chi connectivity index (χ2v) is 6.29. The van der Waals surface area contributed by atoms with Gasteiger partial charge in [-0.2, -0.15) is 9.67 Å². The van der Waals surface area contributed by atoms with Gasteiger partial charge in [0.2, 0.25) is 6.54 Å². The Balaban J connectivity index is 0.00000280. The number of carbonyl (C=O) groups is 2. The first-order chi connectivity index (χ1) is 13.2. The second kappa shape index (κ2) is 11.0. The highest BCUT2D eigenvalue weighted by Gasteiger charge is 2.21. The van der Waals surface area contributed by atoms with Gasteiger partial charge < -0.3 is 22.0 Å². The van der Waals surface area contributed by atoms with Gasteiger partial charge in [-0.05, 0) is 5.56 Å². The van der Waals surface area contributed by atoms with Gasteiger partial charge in [-0.25, -0.2) is 10.2 Å². The fourth-order valence-electron chi connectivity index (χ4n) is 2.75. The minimum Gasteiger partial charge on any atom is -1.00 e. The Bertz CT molecular complexity index is 790. The van der Waals surface area contributed by atoms with E-state index in [1.54, 1.807) is 9.47 Å². The van der Waals surface area contributed by atoms with Gasteiger partial charge >= 0.3 is 12.0 Å². The number of amides is 2. The molecule has 0 spiro atoms. The summed E-state index contributed by atoms with van der Waals surface area (Å²) in [5.41, 5.74) is 4.43. The van der Waals surface area contributed by atoms with Crippen LogP contribution in [0.4, 0.5) is 4.79 Å². The molecule has 148 valence electrons. The van der Waals surface area contributed by atoms with Crippen LogP contribution in [0.3, 0.4) is 0 Å². The minimum absolute atomic E-state index is 0. The van der Waals surface area contributed by atoms with Crippen molar-refractivity contribution < 1.29 is 31.3 Å². The summed E-state index contributed by atoms with van der Waals surface area (Å²) in [5, 5.41) is 4.19. The Morgan fingerprint density at radius 3 is 2.36 bits per heavy atom. The van der Waals surface area contributed by atoms with Gasteiger partial charge in [0.25, 0.3) is 0 Å². The van der Waals surface area contributed by atoms with Gasteiger partial charge in [0.05, 0.1) is 0 Å². The Morgan fingerprint density at radius 2 is 1.68 bits per heavy atom. The maximum atomic E-state index is 12.1. The smallest absolute Gasteiger partial charge is 0.410 e. The molecule has 2 amide bonds. The van der Waals surface area contributed by atoms with Crippen LogP contribution in [0, 0.1) is 0 Å². The van der Waals surface area contributed by atoms with E-state index in [1.165, 1.54) is 0 Å². The molecule has 0 unspecified atom stereocenters. The molecule has 1 aliphatic heterocycles.